The van der Waals surface area contributed by atoms with E-state index < -0.39 is 0 Å². The third kappa shape index (κ3) is 4.39. The van der Waals surface area contributed by atoms with Gasteiger partial charge in [0, 0.05) is 23.1 Å². The highest BCUT2D eigenvalue weighted by Crippen LogP contribution is 2.27. The number of hydrogen-bond acceptors (Lipinski definition) is 7. The lowest BCUT2D eigenvalue weighted by molar-refractivity contribution is -0.125. The Hall–Kier alpha value is -3.78. The van der Waals surface area contributed by atoms with Crippen LogP contribution in [0.4, 0.5) is 5.88 Å². The van der Waals surface area contributed by atoms with E-state index >= 15 is 0 Å². The molecule has 31 heavy (non-hydrogen) atoms. The number of aromatic nitrogens is 1. The Morgan fingerprint density at radius 2 is 1.94 bits per heavy atom. The lowest BCUT2D eigenvalue weighted by atomic mass is 9.94. The van der Waals surface area contributed by atoms with Gasteiger partial charge in [0.05, 0.1) is 18.8 Å². The third-order valence-corrected chi connectivity index (χ3v) is 5.14. The molecule has 4 rings (SSSR count). The van der Waals surface area contributed by atoms with Crippen molar-refractivity contribution in [1.82, 2.24) is 10.1 Å². The highest BCUT2D eigenvalue weighted by Gasteiger charge is 2.26. The Morgan fingerprint density at radius 1 is 1.16 bits per heavy atom. The van der Waals surface area contributed by atoms with Gasteiger partial charge in [-0.25, -0.2) is 4.99 Å². The number of aliphatic hydroxyl groups excluding tert-OH is 1. The first-order chi connectivity index (χ1) is 15.1. The summed E-state index contributed by atoms with van der Waals surface area (Å²) < 4.78 is 5.37. The van der Waals surface area contributed by atoms with Crippen molar-refractivity contribution in [2.24, 2.45) is 4.99 Å². The smallest absolute Gasteiger partial charge is 0.251 e. The van der Waals surface area contributed by atoms with Crippen LogP contribution in [-0.2, 0) is 4.79 Å². The minimum atomic E-state index is -0.190. The lowest BCUT2D eigenvalue weighted by Gasteiger charge is -2.16. The van der Waals surface area contributed by atoms with Crippen molar-refractivity contribution in [3.05, 3.63) is 83.0 Å². The van der Waals surface area contributed by atoms with Crippen molar-refractivity contribution in [3.8, 4) is 0 Å². The van der Waals surface area contributed by atoms with Gasteiger partial charge in [-0.1, -0.05) is 60.6 Å². The van der Waals surface area contributed by atoms with Crippen LogP contribution in [-0.4, -0.2) is 52.5 Å². The minimum Gasteiger partial charge on any atom is -0.395 e. The van der Waals surface area contributed by atoms with E-state index in [4.69, 9.17) is 9.63 Å². The summed E-state index contributed by atoms with van der Waals surface area (Å²) >= 11 is 0. The molecular weight excluding hydrogens is 396 g/mol. The number of hydrogen-bond donors (Lipinski definition) is 2. The molecule has 1 amide bonds. The topological polar surface area (TPSA) is 108 Å². The number of ketones is 1. The SMILES string of the molecule is CC(c1cccc(C(=O)c2ccccc2)c1)c1cc(NC2=NCC(=O)N2CCO)on1. The van der Waals surface area contributed by atoms with E-state index in [-0.39, 0.29) is 37.3 Å². The van der Waals surface area contributed by atoms with Crippen LogP contribution in [0.1, 0.15) is 40.0 Å². The Balaban J connectivity index is 1.50. The number of carbonyl (C=O) groups excluding carboxylic acids is 2. The van der Waals surface area contributed by atoms with Crippen LogP contribution in [0, 0.1) is 0 Å². The van der Waals surface area contributed by atoms with Gasteiger partial charge < -0.3 is 9.63 Å². The predicted molar refractivity (Wildman–Crippen MR) is 115 cm³/mol. The van der Waals surface area contributed by atoms with E-state index in [0.717, 1.165) is 5.56 Å². The van der Waals surface area contributed by atoms with E-state index in [1.165, 1.54) is 4.90 Å². The summed E-state index contributed by atoms with van der Waals surface area (Å²) in [5.41, 5.74) is 2.85. The molecule has 0 saturated carbocycles. The fourth-order valence-electron chi connectivity index (χ4n) is 3.41. The standard InChI is InChI=1S/C23H22N4O4/c1-15(17-8-5-9-18(12-17)22(30)16-6-3-2-4-7-16)19-13-20(31-26-19)25-23-24-14-21(29)27(23)10-11-28/h2-9,12-13,15,28H,10-11,14H2,1H3,(H,24,25). The molecular formula is C23H22N4O4. The number of guanidine groups is 1. The van der Waals surface area contributed by atoms with Crippen LogP contribution in [0.25, 0.3) is 0 Å². The minimum absolute atomic E-state index is 0.0297. The summed E-state index contributed by atoms with van der Waals surface area (Å²) in [5.74, 6) is 0.317. The van der Waals surface area contributed by atoms with Crippen LogP contribution in [0.2, 0.25) is 0 Å². The van der Waals surface area contributed by atoms with Gasteiger partial charge in [-0.05, 0) is 11.6 Å². The van der Waals surface area contributed by atoms with E-state index in [1.807, 2.05) is 43.3 Å². The number of β-amino-alcohol motifs (C(OH)–C–C–N with tert-alkyl or cyclic N) is 1. The largest absolute Gasteiger partial charge is 0.395 e. The van der Waals surface area contributed by atoms with Crippen molar-refractivity contribution in [2.75, 3.05) is 25.0 Å². The summed E-state index contributed by atoms with van der Waals surface area (Å²) in [6.07, 6.45) is 0. The summed E-state index contributed by atoms with van der Waals surface area (Å²) in [6, 6.07) is 18.3. The molecule has 1 unspecified atom stereocenters. The molecule has 0 fully saturated rings. The van der Waals surface area contributed by atoms with Gasteiger partial charge in [0.25, 0.3) is 5.91 Å². The van der Waals surface area contributed by atoms with E-state index in [1.54, 1.807) is 24.3 Å². The zero-order chi connectivity index (χ0) is 21.8. The molecule has 3 aromatic rings. The van der Waals surface area contributed by atoms with Crippen molar-refractivity contribution < 1.29 is 19.2 Å². The lowest BCUT2D eigenvalue weighted by Crippen LogP contribution is -2.38. The molecule has 0 aliphatic carbocycles. The van der Waals surface area contributed by atoms with Crippen molar-refractivity contribution in [2.45, 2.75) is 12.8 Å². The Morgan fingerprint density at radius 3 is 2.71 bits per heavy atom. The number of benzene rings is 2. The number of anilines is 1. The van der Waals surface area contributed by atoms with Crippen LogP contribution < -0.4 is 5.32 Å². The van der Waals surface area contributed by atoms with Gasteiger partial charge >= 0.3 is 0 Å². The molecule has 0 radical (unpaired) electrons. The molecule has 0 saturated heterocycles. The number of aliphatic hydroxyl groups is 1. The summed E-state index contributed by atoms with van der Waals surface area (Å²) in [7, 11) is 0. The van der Waals surface area contributed by atoms with Gasteiger partial charge in [0.1, 0.15) is 6.54 Å². The van der Waals surface area contributed by atoms with Crippen molar-refractivity contribution in [3.63, 3.8) is 0 Å². The molecule has 1 atom stereocenters. The maximum Gasteiger partial charge on any atom is 0.251 e. The second kappa shape index (κ2) is 8.93. The highest BCUT2D eigenvalue weighted by atomic mass is 16.5. The first-order valence-corrected chi connectivity index (χ1v) is 9.96. The molecule has 2 heterocycles. The summed E-state index contributed by atoms with van der Waals surface area (Å²) in [5, 5.41) is 16.2. The van der Waals surface area contributed by atoms with E-state index in [2.05, 4.69) is 15.5 Å². The molecule has 8 heteroatoms. The zero-order valence-electron chi connectivity index (χ0n) is 17.0. The monoisotopic (exact) mass is 418 g/mol. The molecule has 1 aliphatic rings. The average Bonchev–Trinajstić information content (AvgIpc) is 3.41. The van der Waals surface area contributed by atoms with Crippen molar-refractivity contribution in [1.29, 1.82) is 0 Å². The molecule has 2 N–H and O–H groups in total. The third-order valence-electron chi connectivity index (χ3n) is 5.14. The van der Waals surface area contributed by atoms with Crippen LogP contribution in [0.5, 0.6) is 0 Å². The second-order valence-corrected chi connectivity index (χ2v) is 7.19. The number of rotatable bonds is 7. The maximum absolute atomic E-state index is 12.8. The van der Waals surface area contributed by atoms with Crippen LogP contribution in [0.15, 0.2) is 70.2 Å². The van der Waals surface area contributed by atoms with Gasteiger partial charge in [-0.3, -0.25) is 19.8 Å². The first-order valence-electron chi connectivity index (χ1n) is 9.96. The van der Waals surface area contributed by atoms with E-state index in [0.29, 0.717) is 28.7 Å². The van der Waals surface area contributed by atoms with Crippen LogP contribution >= 0.6 is 0 Å². The van der Waals surface area contributed by atoms with Gasteiger partial charge in [0.2, 0.25) is 11.8 Å². The molecule has 0 spiro atoms. The Kier molecular flexibility index (Phi) is 5.90. The number of nitrogens with zero attached hydrogens (tertiary/aromatic N) is 3. The Bertz CT molecular complexity index is 1120. The molecule has 1 aliphatic heterocycles. The molecule has 1 aromatic heterocycles. The van der Waals surface area contributed by atoms with Crippen LogP contribution in [0.3, 0.4) is 0 Å². The van der Waals surface area contributed by atoms with Gasteiger partial charge in [0.15, 0.2) is 5.78 Å². The molecule has 158 valence electrons. The molecule has 2 aromatic carbocycles. The fraction of sp³-hybridized carbons (Fsp3) is 0.217. The average molecular weight is 418 g/mol. The second-order valence-electron chi connectivity index (χ2n) is 7.19. The van der Waals surface area contributed by atoms with E-state index in [9.17, 15) is 9.59 Å². The molecule has 8 nitrogen and oxygen atoms in total. The Labute approximate surface area is 179 Å². The molecule has 0 bridgehead atoms. The summed E-state index contributed by atoms with van der Waals surface area (Å²) in [6.45, 7) is 2.00. The summed E-state index contributed by atoms with van der Waals surface area (Å²) in [4.78, 5) is 30.1. The normalized spacial score (nSPS) is 14.5. The van der Waals surface area contributed by atoms with Crippen molar-refractivity contribution >= 4 is 23.5 Å². The fourth-order valence-corrected chi connectivity index (χ4v) is 3.41. The van der Waals surface area contributed by atoms with Gasteiger partial charge in [-0.15, -0.1) is 0 Å². The number of amides is 1. The number of carbonyl (C=O) groups is 2. The maximum atomic E-state index is 12.8. The zero-order valence-corrected chi connectivity index (χ0v) is 17.0. The highest BCUT2D eigenvalue weighted by molar-refractivity contribution is 6.09. The van der Waals surface area contributed by atoms with Gasteiger partial charge in [-0.2, -0.15) is 0 Å². The predicted octanol–water partition coefficient (Wildman–Crippen LogP) is 2.66. The first kappa shape index (κ1) is 20.5. The quantitative estimate of drug-likeness (QED) is 0.571. The number of nitrogens with one attached hydrogen (secondary N) is 1. The number of aliphatic imine (C=N–C) groups is 1.